The Morgan fingerprint density at radius 1 is 1.08 bits per heavy atom. The lowest BCUT2D eigenvalue weighted by Crippen LogP contribution is -2.25. The summed E-state index contributed by atoms with van der Waals surface area (Å²) in [6.07, 6.45) is 0.279. The van der Waals surface area contributed by atoms with Gasteiger partial charge in [-0.05, 0) is 30.2 Å². The van der Waals surface area contributed by atoms with Gasteiger partial charge < -0.3 is 15.5 Å². The van der Waals surface area contributed by atoms with Crippen molar-refractivity contribution in [3.63, 3.8) is 0 Å². The van der Waals surface area contributed by atoms with Gasteiger partial charge >= 0.3 is 5.97 Å². The molecule has 0 fully saturated rings. The number of sulfonamides is 1. The fraction of sp³-hybridized carbons (Fsp3) is 0.235. The molecule has 0 aliphatic heterocycles. The van der Waals surface area contributed by atoms with Crippen LogP contribution in [0.1, 0.15) is 22.3 Å². The minimum atomic E-state index is -3.82. The van der Waals surface area contributed by atoms with E-state index in [1.165, 1.54) is 12.1 Å². The minimum Gasteiger partial charge on any atom is -0.478 e. The van der Waals surface area contributed by atoms with Crippen molar-refractivity contribution in [3.8, 4) is 0 Å². The van der Waals surface area contributed by atoms with E-state index in [0.717, 1.165) is 11.6 Å². The highest BCUT2D eigenvalue weighted by atomic mass is 32.2. The molecular formula is C17H20N2O5S. The molecule has 0 aliphatic rings. The zero-order chi connectivity index (χ0) is 18.3. The Morgan fingerprint density at radius 2 is 1.80 bits per heavy atom. The number of benzene rings is 2. The average Bonchev–Trinajstić information content (AvgIpc) is 2.60. The molecule has 0 aliphatic carbocycles. The number of nitrogens with one attached hydrogen (secondary N) is 2. The maximum Gasteiger partial charge on any atom is 0.337 e. The van der Waals surface area contributed by atoms with Gasteiger partial charge in [0.25, 0.3) is 0 Å². The van der Waals surface area contributed by atoms with Crippen LogP contribution in [-0.4, -0.2) is 37.8 Å². The summed E-state index contributed by atoms with van der Waals surface area (Å²) in [4.78, 5) is 11.4. The number of aliphatic hydroxyl groups is 1. The van der Waals surface area contributed by atoms with Crippen LogP contribution >= 0.6 is 0 Å². The Labute approximate surface area is 146 Å². The van der Waals surface area contributed by atoms with Gasteiger partial charge in [0.2, 0.25) is 10.0 Å². The van der Waals surface area contributed by atoms with E-state index in [2.05, 4.69) is 10.0 Å². The zero-order valence-electron chi connectivity index (χ0n) is 13.5. The third kappa shape index (κ3) is 5.28. The van der Waals surface area contributed by atoms with Crippen molar-refractivity contribution < 1.29 is 23.4 Å². The number of anilines is 1. The topological polar surface area (TPSA) is 116 Å². The normalized spacial score (nSPS) is 11.2. The van der Waals surface area contributed by atoms with Crippen LogP contribution in [0.5, 0.6) is 0 Å². The van der Waals surface area contributed by atoms with E-state index in [0.29, 0.717) is 12.2 Å². The third-order valence-electron chi connectivity index (χ3n) is 3.48. The van der Waals surface area contributed by atoms with E-state index in [4.69, 9.17) is 5.11 Å². The first-order valence-corrected chi connectivity index (χ1v) is 9.18. The highest BCUT2D eigenvalue weighted by Crippen LogP contribution is 2.21. The van der Waals surface area contributed by atoms with E-state index in [9.17, 15) is 18.3 Å². The van der Waals surface area contributed by atoms with E-state index in [1.54, 1.807) is 0 Å². The van der Waals surface area contributed by atoms with Gasteiger partial charge in [0, 0.05) is 25.4 Å². The third-order valence-corrected chi connectivity index (χ3v) is 4.94. The first-order chi connectivity index (χ1) is 11.9. The van der Waals surface area contributed by atoms with Crippen molar-refractivity contribution in [2.45, 2.75) is 17.9 Å². The molecule has 2 aromatic carbocycles. The van der Waals surface area contributed by atoms with E-state index >= 15 is 0 Å². The molecule has 0 saturated heterocycles. The van der Waals surface area contributed by atoms with Gasteiger partial charge in [-0.25, -0.2) is 17.9 Å². The Hall–Kier alpha value is -2.42. The Morgan fingerprint density at radius 3 is 2.44 bits per heavy atom. The predicted octanol–water partition coefficient (Wildman–Crippen LogP) is 1.66. The smallest absolute Gasteiger partial charge is 0.337 e. The van der Waals surface area contributed by atoms with Crippen LogP contribution in [0.2, 0.25) is 0 Å². The Balaban J connectivity index is 2.21. The molecule has 8 heteroatoms. The standard InChI is InChI=1S/C17H20N2O5S/c20-10-4-9-19-25(23,24)14-7-8-16(15(11-14)17(21)22)18-12-13-5-2-1-3-6-13/h1-3,5-8,11,18-20H,4,9-10,12H2,(H,21,22). The van der Waals surface area contributed by atoms with Crippen LogP contribution in [0.3, 0.4) is 0 Å². The first-order valence-electron chi connectivity index (χ1n) is 7.69. The molecule has 7 nitrogen and oxygen atoms in total. The van der Waals surface area contributed by atoms with Crippen molar-refractivity contribution in [3.05, 3.63) is 59.7 Å². The SMILES string of the molecule is O=C(O)c1cc(S(=O)(=O)NCCCO)ccc1NCc1ccccc1. The van der Waals surface area contributed by atoms with E-state index < -0.39 is 16.0 Å². The van der Waals surface area contributed by atoms with Gasteiger partial charge in [-0.1, -0.05) is 30.3 Å². The molecule has 0 aromatic heterocycles. The molecule has 2 rings (SSSR count). The molecule has 0 bridgehead atoms. The number of carbonyl (C=O) groups is 1. The molecule has 134 valence electrons. The molecule has 0 radical (unpaired) electrons. The summed E-state index contributed by atoms with van der Waals surface area (Å²) in [6.45, 7) is 0.364. The second kappa shape index (κ2) is 8.61. The average molecular weight is 364 g/mol. The van der Waals surface area contributed by atoms with Crippen molar-refractivity contribution in [2.24, 2.45) is 0 Å². The lowest BCUT2D eigenvalue weighted by molar-refractivity contribution is 0.0697. The number of carboxylic acid groups (broad SMARTS) is 1. The maximum absolute atomic E-state index is 12.2. The number of aromatic carboxylic acids is 1. The lowest BCUT2D eigenvalue weighted by atomic mass is 10.1. The number of hydrogen-bond acceptors (Lipinski definition) is 5. The Kier molecular flexibility index (Phi) is 6.51. The summed E-state index contributed by atoms with van der Waals surface area (Å²) in [5.41, 5.74) is 1.19. The molecule has 0 saturated carbocycles. The van der Waals surface area contributed by atoms with Gasteiger partial charge in [0.1, 0.15) is 0 Å². The lowest BCUT2D eigenvalue weighted by Gasteiger charge is -2.12. The molecule has 25 heavy (non-hydrogen) atoms. The van der Waals surface area contributed by atoms with Crippen molar-refractivity contribution >= 4 is 21.7 Å². The second-order valence-electron chi connectivity index (χ2n) is 5.33. The van der Waals surface area contributed by atoms with Gasteiger partial charge in [0.05, 0.1) is 10.5 Å². The molecule has 4 N–H and O–H groups in total. The van der Waals surface area contributed by atoms with Crippen LogP contribution in [-0.2, 0) is 16.6 Å². The number of carboxylic acids is 1. The van der Waals surface area contributed by atoms with Crippen LogP contribution in [0, 0.1) is 0 Å². The van der Waals surface area contributed by atoms with Crippen molar-refractivity contribution in [2.75, 3.05) is 18.5 Å². The largest absolute Gasteiger partial charge is 0.478 e. The van der Waals surface area contributed by atoms with Gasteiger partial charge in [-0.2, -0.15) is 0 Å². The molecular weight excluding hydrogens is 344 g/mol. The second-order valence-corrected chi connectivity index (χ2v) is 7.09. The number of rotatable bonds is 9. The first kappa shape index (κ1) is 18.9. The molecule has 2 aromatic rings. The van der Waals surface area contributed by atoms with E-state index in [-0.39, 0.29) is 30.0 Å². The monoisotopic (exact) mass is 364 g/mol. The summed E-state index contributed by atoms with van der Waals surface area (Å²) in [5.74, 6) is -1.22. The Bertz CT molecular complexity index is 822. The van der Waals surface area contributed by atoms with Crippen molar-refractivity contribution in [1.29, 1.82) is 0 Å². The van der Waals surface area contributed by atoms with Crippen LogP contribution in [0.25, 0.3) is 0 Å². The molecule has 0 heterocycles. The summed E-state index contributed by atoms with van der Waals surface area (Å²) in [5, 5.41) is 21.1. The predicted molar refractivity (Wildman–Crippen MR) is 94.1 cm³/mol. The highest BCUT2D eigenvalue weighted by molar-refractivity contribution is 7.89. The highest BCUT2D eigenvalue weighted by Gasteiger charge is 2.18. The van der Waals surface area contributed by atoms with Crippen LogP contribution < -0.4 is 10.0 Å². The quantitative estimate of drug-likeness (QED) is 0.503. The fourth-order valence-corrected chi connectivity index (χ4v) is 3.28. The molecule has 0 atom stereocenters. The molecule has 0 unspecified atom stereocenters. The fourth-order valence-electron chi connectivity index (χ4n) is 2.18. The summed E-state index contributed by atoms with van der Waals surface area (Å²) < 4.78 is 26.7. The zero-order valence-corrected chi connectivity index (χ0v) is 14.3. The van der Waals surface area contributed by atoms with E-state index in [1.807, 2.05) is 30.3 Å². The van der Waals surface area contributed by atoms with Crippen LogP contribution in [0.4, 0.5) is 5.69 Å². The summed E-state index contributed by atoms with van der Waals surface area (Å²) >= 11 is 0. The van der Waals surface area contributed by atoms with Crippen molar-refractivity contribution in [1.82, 2.24) is 4.72 Å². The number of hydrogen-bond donors (Lipinski definition) is 4. The van der Waals surface area contributed by atoms with Gasteiger partial charge in [0.15, 0.2) is 0 Å². The number of aliphatic hydroxyl groups excluding tert-OH is 1. The molecule has 0 spiro atoms. The summed E-state index contributed by atoms with van der Waals surface area (Å²) in [7, 11) is -3.82. The van der Waals surface area contributed by atoms with Gasteiger partial charge in [-0.3, -0.25) is 0 Å². The van der Waals surface area contributed by atoms with Gasteiger partial charge in [-0.15, -0.1) is 0 Å². The minimum absolute atomic E-state index is 0.0786. The molecule has 0 amide bonds. The summed E-state index contributed by atoms with van der Waals surface area (Å²) in [6, 6.07) is 13.3. The maximum atomic E-state index is 12.2. The van der Waals surface area contributed by atoms with Crippen LogP contribution in [0.15, 0.2) is 53.4 Å².